The van der Waals surface area contributed by atoms with Crippen molar-refractivity contribution in [3.63, 3.8) is 0 Å². The summed E-state index contributed by atoms with van der Waals surface area (Å²) in [7, 11) is 0. The number of carbonyl (C=O) groups is 2. The van der Waals surface area contributed by atoms with Gasteiger partial charge in [0, 0.05) is 6.42 Å². The SMILES string of the molecule is CCOC(=O)C(CC=O)c1ccc(C(C)(C)C)cc1. The lowest BCUT2D eigenvalue weighted by molar-refractivity contribution is -0.145. The lowest BCUT2D eigenvalue weighted by Crippen LogP contribution is -2.17. The minimum absolute atomic E-state index is 0.0720. The summed E-state index contributed by atoms with van der Waals surface area (Å²) in [6.45, 7) is 8.50. The predicted molar refractivity (Wildman–Crippen MR) is 75.2 cm³/mol. The molecule has 0 radical (unpaired) electrons. The summed E-state index contributed by atoms with van der Waals surface area (Å²) < 4.78 is 5.01. The second-order valence-electron chi connectivity index (χ2n) is 5.58. The molecular formula is C16H22O3. The summed E-state index contributed by atoms with van der Waals surface area (Å²) in [6, 6.07) is 7.83. The van der Waals surface area contributed by atoms with Crippen LogP contribution in [0.5, 0.6) is 0 Å². The fourth-order valence-electron chi connectivity index (χ4n) is 1.92. The molecule has 104 valence electrons. The molecular weight excluding hydrogens is 240 g/mol. The quantitative estimate of drug-likeness (QED) is 0.604. The van der Waals surface area contributed by atoms with Crippen LogP contribution in [0.15, 0.2) is 24.3 Å². The first-order valence-corrected chi connectivity index (χ1v) is 6.60. The van der Waals surface area contributed by atoms with Crippen molar-refractivity contribution < 1.29 is 14.3 Å². The van der Waals surface area contributed by atoms with Crippen LogP contribution in [0.25, 0.3) is 0 Å². The first-order valence-electron chi connectivity index (χ1n) is 6.60. The lowest BCUT2D eigenvalue weighted by atomic mass is 9.85. The molecule has 1 atom stereocenters. The Kier molecular flexibility index (Phi) is 5.28. The normalized spacial score (nSPS) is 12.8. The number of benzene rings is 1. The summed E-state index contributed by atoms with van der Waals surface area (Å²) in [4.78, 5) is 22.6. The average molecular weight is 262 g/mol. The topological polar surface area (TPSA) is 43.4 Å². The molecule has 0 aromatic heterocycles. The first-order chi connectivity index (χ1) is 8.90. The van der Waals surface area contributed by atoms with Gasteiger partial charge in [-0.2, -0.15) is 0 Å². The van der Waals surface area contributed by atoms with E-state index in [1.165, 1.54) is 5.56 Å². The summed E-state index contributed by atoms with van der Waals surface area (Å²) in [5, 5.41) is 0. The monoisotopic (exact) mass is 262 g/mol. The van der Waals surface area contributed by atoms with E-state index in [2.05, 4.69) is 20.8 Å². The largest absolute Gasteiger partial charge is 0.466 e. The van der Waals surface area contributed by atoms with Gasteiger partial charge in [0.05, 0.1) is 12.5 Å². The van der Waals surface area contributed by atoms with Crippen molar-refractivity contribution in [1.29, 1.82) is 0 Å². The molecule has 0 bridgehead atoms. The maximum Gasteiger partial charge on any atom is 0.313 e. The Balaban J connectivity index is 2.97. The highest BCUT2D eigenvalue weighted by Crippen LogP contribution is 2.26. The van der Waals surface area contributed by atoms with Crippen molar-refractivity contribution in [3.05, 3.63) is 35.4 Å². The van der Waals surface area contributed by atoms with Crippen LogP contribution in [0.3, 0.4) is 0 Å². The van der Waals surface area contributed by atoms with Crippen LogP contribution < -0.4 is 0 Å². The van der Waals surface area contributed by atoms with E-state index in [0.717, 1.165) is 11.8 Å². The van der Waals surface area contributed by atoms with Gasteiger partial charge in [-0.3, -0.25) is 4.79 Å². The van der Waals surface area contributed by atoms with Gasteiger partial charge >= 0.3 is 5.97 Å². The van der Waals surface area contributed by atoms with E-state index in [1.807, 2.05) is 24.3 Å². The molecule has 0 saturated heterocycles. The fourth-order valence-corrected chi connectivity index (χ4v) is 1.92. The molecule has 3 heteroatoms. The predicted octanol–water partition coefficient (Wildman–Crippen LogP) is 3.22. The van der Waals surface area contributed by atoms with Gasteiger partial charge in [-0.25, -0.2) is 0 Å². The molecule has 0 aliphatic heterocycles. The van der Waals surface area contributed by atoms with Crippen molar-refractivity contribution in [1.82, 2.24) is 0 Å². The zero-order valence-corrected chi connectivity index (χ0v) is 12.1. The number of hydrogen-bond acceptors (Lipinski definition) is 3. The molecule has 1 rings (SSSR count). The van der Waals surface area contributed by atoms with Gasteiger partial charge in [0.15, 0.2) is 0 Å². The summed E-state index contributed by atoms with van der Waals surface area (Å²) in [6.07, 6.45) is 0.924. The molecule has 1 unspecified atom stereocenters. The second-order valence-corrected chi connectivity index (χ2v) is 5.58. The number of hydrogen-bond donors (Lipinski definition) is 0. The second kappa shape index (κ2) is 6.50. The molecule has 3 nitrogen and oxygen atoms in total. The molecule has 0 N–H and O–H groups in total. The number of esters is 1. The van der Waals surface area contributed by atoms with E-state index in [0.29, 0.717) is 6.61 Å². The molecule has 1 aromatic carbocycles. The standard InChI is InChI=1S/C16H22O3/c1-5-19-15(18)14(10-11-17)12-6-8-13(9-7-12)16(2,3)4/h6-9,11,14H,5,10H2,1-4H3. The van der Waals surface area contributed by atoms with Crippen LogP contribution in [0.2, 0.25) is 0 Å². The van der Waals surface area contributed by atoms with Gasteiger partial charge in [-0.1, -0.05) is 45.0 Å². The van der Waals surface area contributed by atoms with Crippen molar-refractivity contribution in [2.24, 2.45) is 0 Å². The van der Waals surface area contributed by atoms with Crippen LogP contribution in [0.1, 0.15) is 51.2 Å². The highest BCUT2D eigenvalue weighted by Gasteiger charge is 2.22. The summed E-state index contributed by atoms with van der Waals surface area (Å²) in [5.74, 6) is -0.829. The van der Waals surface area contributed by atoms with Crippen molar-refractivity contribution in [3.8, 4) is 0 Å². The first kappa shape index (κ1) is 15.4. The maximum atomic E-state index is 11.8. The van der Waals surface area contributed by atoms with Gasteiger partial charge in [0.1, 0.15) is 6.29 Å². The number of ether oxygens (including phenoxy) is 1. The highest BCUT2D eigenvalue weighted by atomic mass is 16.5. The maximum absolute atomic E-state index is 11.8. The zero-order chi connectivity index (χ0) is 14.5. The number of carbonyl (C=O) groups excluding carboxylic acids is 2. The van der Waals surface area contributed by atoms with Gasteiger partial charge in [-0.15, -0.1) is 0 Å². The third kappa shape index (κ3) is 4.19. The Morgan fingerprint density at radius 1 is 1.26 bits per heavy atom. The third-order valence-corrected chi connectivity index (χ3v) is 3.08. The van der Waals surface area contributed by atoms with Crippen LogP contribution in [0.4, 0.5) is 0 Å². The Morgan fingerprint density at radius 3 is 2.26 bits per heavy atom. The smallest absolute Gasteiger partial charge is 0.313 e. The molecule has 0 spiro atoms. The van der Waals surface area contributed by atoms with Crippen molar-refractivity contribution in [2.45, 2.75) is 45.4 Å². The minimum Gasteiger partial charge on any atom is -0.466 e. The number of rotatable bonds is 5. The number of aldehydes is 1. The van der Waals surface area contributed by atoms with Gasteiger partial charge in [0.2, 0.25) is 0 Å². The van der Waals surface area contributed by atoms with Crippen LogP contribution in [0, 0.1) is 0 Å². The van der Waals surface area contributed by atoms with E-state index in [9.17, 15) is 9.59 Å². The summed E-state index contributed by atoms with van der Waals surface area (Å²) in [5.41, 5.74) is 2.10. The van der Waals surface area contributed by atoms with E-state index >= 15 is 0 Å². The summed E-state index contributed by atoms with van der Waals surface area (Å²) >= 11 is 0. The van der Waals surface area contributed by atoms with Gasteiger partial charge in [-0.05, 0) is 23.5 Å². The van der Waals surface area contributed by atoms with Gasteiger partial charge in [0.25, 0.3) is 0 Å². The van der Waals surface area contributed by atoms with Crippen LogP contribution in [-0.4, -0.2) is 18.9 Å². The zero-order valence-electron chi connectivity index (χ0n) is 12.1. The van der Waals surface area contributed by atoms with E-state index in [4.69, 9.17) is 4.74 Å². The lowest BCUT2D eigenvalue weighted by Gasteiger charge is -2.20. The van der Waals surface area contributed by atoms with Crippen LogP contribution >= 0.6 is 0 Å². The highest BCUT2D eigenvalue weighted by molar-refractivity contribution is 5.81. The molecule has 0 aliphatic rings. The Labute approximate surface area is 115 Å². The van der Waals surface area contributed by atoms with E-state index in [-0.39, 0.29) is 17.8 Å². The minimum atomic E-state index is -0.494. The molecule has 1 aromatic rings. The molecule has 0 aliphatic carbocycles. The average Bonchev–Trinajstić information content (AvgIpc) is 2.35. The van der Waals surface area contributed by atoms with E-state index in [1.54, 1.807) is 6.92 Å². The third-order valence-electron chi connectivity index (χ3n) is 3.08. The van der Waals surface area contributed by atoms with E-state index < -0.39 is 5.92 Å². The molecule has 0 heterocycles. The molecule has 0 fully saturated rings. The van der Waals surface area contributed by atoms with Crippen molar-refractivity contribution in [2.75, 3.05) is 6.61 Å². The molecule has 0 amide bonds. The fraction of sp³-hybridized carbons (Fsp3) is 0.500. The van der Waals surface area contributed by atoms with Crippen LogP contribution in [-0.2, 0) is 19.7 Å². The Morgan fingerprint density at radius 2 is 1.84 bits per heavy atom. The Hall–Kier alpha value is -1.64. The molecule has 0 saturated carbocycles. The Bertz CT molecular complexity index is 426. The molecule has 19 heavy (non-hydrogen) atoms. The van der Waals surface area contributed by atoms with Crippen molar-refractivity contribution >= 4 is 12.3 Å². The van der Waals surface area contributed by atoms with Gasteiger partial charge < -0.3 is 9.53 Å².